The maximum Gasteiger partial charge on any atom is 0.494 e. The number of aromatic nitrogens is 3. The van der Waals surface area contributed by atoms with Crippen molar-refractivity contribution in [1.82, 2.24) is 24.8 Å². The lowest BCUT2D eigenvalue weighted by molar-refractivity contribution is -0.130. The summed E-state index contributed by atoms with van der Waals surface area (Å²) in [5, 5.41) is 3.34. The van der Waals surface area contributed by atoms with Gasteiger partial charge in [-0.25, -0.2) is 14.2 Å². The lowest BCUT2D eigenvalue weighted by atomic mass is 9.78. The molecule has 5 heterocycles. The number of nitrogens with zero attached hydrogens (tertiary/aromatic N) is 3. The van der Waals surface area contributed by atoms with E-state index in [1.165, 1.54) is 13.2 Å². The number of imidazole rings is 1. The molecule has 2 aliphatic rings. The number of alkyl carbamates (subject to hydrolysis) is 1. The Hall–Kier alpha value is -4.70. The van der Waals surface area contributed by atoms with Gasteiger partial charge in [-0.3, -0.25) is 9.36 Å². The van der Waals surface area contributed by atoms with Gasteiger partial charge in [-0.1, -0.05) is 19.1 Å². The number of aromatic amines is 1. The topological polar surface area (TPSA) is 129 Å². The number of carbonyl (C=O) groups excluding carboxylic acids is 2. The van der Waals surface area contributed by atoms with Crippen molar-refractivity contribution in [1.29, 1.82) is 0 Å². The molecule has 2 N–H and O–H groups in total. The first kappa shape index (κ1) is 39.5. The summed E-state index contributed by atoms with van der Waals surface area (Å²) in [4.78, 5) is 35.9. The summed E-state index contributed by atoms with van der Waals surface area (Å²) >= 11 is 1.64. The number of benzene rings is 2. The van der Waals surface area contributed by atoms with E-state index in [0.29, 0.717) is 47.1 Å². The van der Waals surface area contributed by atoms with Crippen LogP contribution in [-0.2, 0) is 36.5 Å². The zero-order chi connectivity index (χ0) is 40.2. The molecule has 1 saturated heterocycles. The van der Waals surface area contributed by atoms with Crippen LogP contribution in [0.25, 0.3) is 33.4 Å². The van der Waals surface area contributed by atoms with Gasteiger partial charge in [0.2, 0.25) is 12.1 Å². The van der Waals surface area contributed by atoms with Crippen molar-refractivity contribution in [2.45, 2.75) is 90.9 Å². The number of hydrogen-bond donors (Lipinski definition) is 2. The van der Waals surface area contributed by atoms with Crippen LogP contribution in [0.5, 0.6) is 5.75 Å². The van der Waals surface area contributed by atoms with Crippen LogP contribution in [0, 0.1) is 5.82 Å². The van der Waals surface area contributed by atoms with Gasteiger partial charge in [0.25, 0.3) is 0 Å². The molecule has 15 heteroatoms. The molecule has 3 aromatic heterocycles. The zero-order valence-corrected chi connectivity index (χ0v) is 34.2. The van der Waals surface area contributed by atoms with Gasteiger partial charge in [-0.15, -0.1) is 11.3 Å². The number of nitrogens with one attached hydrogen (secondary N) is 2. The summed E-state index contributed by atoms with van der Waals surface area (Å²) in [6, 6.07) is 15.6. The number of rotatable bonds is 12. The predicted molar refractivity (Wildman–Crippen MR) is 215 cm³/mol. The van der Waals surface area contributed by atoms with E-state index >= 15 is 4.39 Å². The average Bonchev–Trinajstić information content (AvgIpc) is 3.94. The molecule has 0 spiro atoms. The van der Waals surface area contributed by atoms with Crippen LogP contribution in [0.2, 0.25) is 0 Å². The molecule has 2 amide bonds. The van der Waals surface area contributed by atoms with Crippen LogP contribution in [0.15, 0.2) is 54.7 Å². The van der Waals surface area contributed by atoms with E-state index in [-0.39, 0.29) is 24.6 Å². The third-order valence-corrected chi connectivity index (χ3v) is 12.1. The highest BCUT2D eigenvalue weighted by Gasteiger charge is 2.51. The Balaban J connectivity index is 1.25. The monoisotopic (exact) mass is 785 g/mol. The van der Waals surface area contributed by atoms with Gasteiger partial charge in [0.05, 0.1) is 64.0 Å². The summed E-state index contributed by atoms with van der Waals surface area (Å²) in [6.07, 6.45) is 1.78. The van der Waals surface area contributed by atoms with Crippen molar-refractivity contribution >= 4 is 46.8 Å². The summed E-state index contributed by atoms with van der Waals surface area (Å²) in [7, 11) is 2.41. The fourth-order valence-electron chi connectivity index (χ4n) is 7.04. The Morgan fingerprint density at radius 1 is 1.09 bits per heavy atom. The van der Waals surface area contributed by atoms with E-state index < -0.39 is 36.5 Å². The summed E-state index contributed by atoms with van der Waals surface area (Å²) in [5.74, 6) is 0.175. The molecule has 296 valence electrons. The van der Waals surface area contributed by atoms with E-state index in [1.807, 2.05) is 58.9 Å². The van der Waals surface area contributed by atoms with Crippen LogP contribution >= 0.6 is 11.3 Å². The minimum Gasteiger partial charge on any atom is -0.464 e. The largest absolute Gasteiger partial charge is 0.494 e. The zero-order valence-electron chi connectivity index (χ0n) is 33.4. The Bertz CT molecular complexity index is 2260. The summed E-state index contributed by atoms with van der Waals surface area (Å²) in [5.41, 5.74) is 2.58. The van der Waals surface area contributed by atoms with Crippen LogP contribution in [0.3, 0.4) is 0 Å². The Kier molecular flexibility index (Phi) is 10.6. The van der Waals surface area contributed by atoms with E-state index in [0.717, 1.165) is 32.5 Å². The number of amides is 2. The predicted octanol–water partition coefficient (Wildman–Crippen LogP) is 7.20. The maximum absolute atomic E-state index is 16.6. The van der Waals surface area contributed by atoms with E-state index in [9.17, 15) is 9.59 Å². The van der Waals surface area contributed by atoms with Crippen molar-refractivity contribution < 1.29 is 37.5 Å². The van der Waals surface area contributed by atoms with Crippen molar-refractivity contribution in [3.63, 3.8) is 0 Å². The van der Waals surface area contributed by atoms with Crippen molar-refractivity contribution in [2.75, 3.05) is 27.3 Å². The average molecular weight is 786 g/mol. The van der Waals surface area contributed by atoms with Crippen LogP contribution in [0.1, 0.15) is 76.7 Å². The number of ether oxygens (including phenoxy) is 3. The van der Waals surface area contributed by atoms with Crippen LogP contribution < -0.4 is 15.5 Å². The Morgan fingerprint density at radius 3 is 2.54 bits per heavy atom. The molecule has 0 saturated carbocycles. The quantitative estimate of drug-likeness (QED) is 0.127. The normalized spacial score (nSPS) is 17.0. The lowest BCUT2D eigenvalue weighted by Gasteiger charge is -2.32. The molecule has 2 aliphatic heterocycles. The van der Waals surface area contributed by atoms with Gasteiger partial charge in [0.1, 0.15) is 23.9 Å². The smallest absolute Gasteiger partial charge is 0.464 e. The molecule has 1 fully saturated rings. The number of fused-ring (bicyclic) bond motifs is 5. The van der Waals surface area contributed by atoms with E-state index in [4.69, 9.17) is 18.8 Å². The second kappa shape index (κ2) is 15.0. The van der Waals surface area contributed by atoms with Crippen molar-refractivity contribution in [3.05, 3.63) is 76.1 Å². The van der Waals surface area contributed by atoms with Gasteiger partial charge in [0, 0.05) is 35.9 Å². The maximum atomic E-state index is 16.6. The number of halogens is 1. The Labute approximate surface area is 330 Å². The number of thiophene rings is 1. The van der Waals surface area contributed by atoms with Crippen molar-refractivity contribution in [2.24, 2.45) is 0 Å². The molecule has 56 heavy (non-hydrogen) atoms. The molecule has 0 bridgehead atoms. The highest BCUT2D eigenvalue weighted by Crippen LogP contribution is 2.48. The van der Waals surface area contributed by atoms with Crippen molar-refractivity contribution in [3.8, 4) is 28.3 Å². The fourth-order valence-corrected chi connectivity index (χ4v) is 8.29. The second-order valence-electron chi connectivity index (χ2n) is 16.0. The minimum absolute atomic E-state index is 0.177. The van der Waals surface area contributed by atoms with Gasteiger partial charge in [-0.05, 0) is 89.8 Å². The lowest BCUT2D eigenvalue weighted by Crippen LogP contribution is -2.41. The highest BCUT2D eigenvalue weighted by molar-refractivity contribution is 7.12. The van der Waals surface area contributed by atoms with Crippen LogP contribution in [-0.4, -0.2) is 82.7 Å². The summed E-state index contributed by atoms with van der Waals surface area (Å²) < 4.78 is 48.6. The first-order valence-corrected chi connectivity index (χ1v) is 19.6. The number of methoxy groups -OCH3 is 2. The molecule has 1 unspecified atom stereocenters. The molecular weight excluding hydrogens is 736 g/mol. The molecule has 2 aromatic carbocycles. The van der Waals surface area contributed by atoms with Gasteiger partial charge >= 0.3 is 13.2 Å². The molecular formula is C41H49BFN5O7S. The molecule has 5 aromatic rings. The second-order valence-corrected chi connectivity index (χ2v) is 17.2. The molecule has 0 radical (unpaired) electrons. The standard InChI is InChI=1S/C41H49BFN5O7S/c1-10-15-47(35(49)22-45-38(50)51-8)23-34-44-21-29(46-34)24-17-28(43)36-31-18-25-16-26(42-54-40(4,5)41(6,7)55-42)11-13-30(25)48(31)37(53-32(36)19-24)33-14-12-27(56-33)20-39(2,3)52-9/h11-14,16-19,21,37H,10,15,20,22-23H2,1-9H3,(H,44,46)(H,45,50). The third-order valence-electron chi connectivity index (χ3n) is 10.9. The van der Waals surface area contributed by atoms with E-state index in [2.05, 4.69) is 56.6 Å². The first-order chi connectivity index (χ1) is 26.5. The molecule has 1 atom stereocenters. The van der Waals surface area contributed by atoms with Crippen LogP contribution in [0.4, 0.5) is 9.18 Å². The molecule has 12 nitrogen and oxygen atoms in total. The summed E-state index contributed by atoms with van der Waals surface area (Å²) in [6.45, 7) is 14.6. The number of carbonyl (C=O) groups is 2. The molecule has 7 rings (SSSR count). The third kappa shape index (κ3) is 7.57. The van der Waals surface area contributed by atoms with Gasteiger partial charge < -0.3 is 38.7 Å². The number of H-pyrrole nitrogens is 1. The Morgan fingerprint density at radius 2 is 1.84 bits per heavy atom. The van der Waals surface area contributed by atoms with E-state index in [1.54, 1.807) is 29.5 Å². The van der Waals surface area contributed by atoms with Gasteiger partial charge in [-0.2, -0.15) is 0 Å². The van der Waals surface area contributed by atoms with Gasteiger partial charge in [0.15, 0.2) is 0 Å². The number of hydrogen-bond acceptors (Lipinski definition) is 9. The minimum atomic E-state index is -0.685. The first-order valence-electron chi connectivity index (χ1n) is 18.8. The molecule has 0 aliphatic carbocycles. The fraction of sp³-hybridized carbons (Fsp3) is 0.439. The SMILES string of the molecule is CCCN(Cc1ncc(-c2cc(F)c3c(c2)OC(c2ccc(CC(C)(C)OC)s2)n2c-3cc3cc(B4OC(C)(C)C(C)(C)O4)ccc32)[nH]1)C(=O)CNC(=O)OC. The highest BCUT2D eigenvalue weighted by atomic mass is 32.1.